The van der Waals surface area contributed by atoms with Crippen molar-refractivity contribution in [2.45, 2.75) is 56.8 Å². The Morgan fingerprint density at radius 2 is 1.71 bits per heavy atom. The molecule has 55 heavy (non-hydrogen) atoms. The number of fused-ring (bicyclic) bond motifs is 3. The number of carbonyl (C=O) groups excluding carboxylic acids is 1. The van der Waals surface area contributed by atoms with E-state index >= 15 is 0 Å². The molecular weight excluding hydrogens is 762 g/mol. The lowest BCUT2D eigenvalue weighted by molar-refractivity contribution is -0.605. The van der Waals surface area contributed by atoms with Crippen molar-refractivity contribution in [2.24, 2.45) is 11.8 Å². The molecule has 1 aromatic heterocycles. The zero-order chi connectivity index (χ0) is 38.8. The molecule has 2 bridgehead atoms. The number of carbonyl (C=O) groups is 2. The predicted octanol–water partition coefficient (Wildman–Crippen LogP) is 8.02. The van der Waals surface area contributed by atoms with E-state index in [1.165, 1.54) is 48.5 Å². The van der Waals surface area contributed by atoms with Crippen LogP contribution in [0.4, 0.5) is 18.9 Å². The fourth-order valence-corrected chi connectivity index (χ4v) is 8.00. The third-order valence-corrected chi connectivity index (χ3v) is 11.1. The number of piperidine rings is 3. The minimum Gasteiger partial charge on any atom is -0.619 e. The average molecular weight is 801 g/mol. The summed E-state index contributed by atoms with van der Waals surface area (Å²) in [4.78, 5) is 29.0. The van der Waals surface area contributed by atoms with Crippen LogP contribution in [0.25, 0.3) is 0 Å². The zero-order valence-electron chi connectivity index (χ0n) is 29.4. The molecule has 4 fully saturated rings. The van der Waals surface area contributed by atoms with Crippen molar-refractivity contribution in [3.05, 3.63) is 122 Å². The van der Waals surface area contributed by atoms with E-state index in [1.54, 1.807) is 12.1 Å². The van der Waals surface area contributed by atoms with Crippen molar-refractivity contribution in [2.75, 3.05) is 31.6 Å². The molecule has 2 N–H and O–H groups in total. The van der Waals surface area contributed by atoms with Crippen molar-refractivity contribution < 1.29 is 46.8 Å². The number of anilines is 1. The predicted molar refractivity (Wildman–Crippen MR) is 197 cm³/mol. The van der Waals surface area contributed by atoms with Gasteiger partial charge in [-0.3, -0.25) is 4.90 Å². The van der Waals surface area contributed by atoms with Crippen molar-refractivity contribution in [3.63, 3.8) is 0 Å². The van der Waals surface area contributed by atoms with Gasteiger partial charge >= 0.3 is 18.6 Å². The summed E-state index contributed by atoms with van der Waals surface area (Å²) in [6.07, 6.45) is 5.54. The maximum atomic E-state index is 14.6. The standard InChI is InChI=1S/C40H38Cl2F3N3O7/c41-32-18-48(52)19-33(42)31(32)17-29(24-6-9-34(55-40(44)45)35(15-24)53-21-22-4-5-22)30-16-27(7-8-28(30)38(49)50)46-37(25-2-1-3-26(43)14-25)39(51)54-36-20-47-12-10-23(36)11-13-47/h1-3,6-9,14-16,18-19,22-23,29,36-37,40,46H,4-5,10-13,17,20-21H2,(H,49,50)/t29-,36-,37?/m0/s1. The van der Waals surface area contributed by atoms with Gasteiger partial charge in [0, 0.05) is 23.7 Å². The number of benzene rings is 3. The van der Waals surface area contributed by atoms with Crippen LogP contribution in [0.3, 0.4) is 0 Å². The summed E-state index contributed by atoms with van der Waals surface area (Å²) in [5.41, 5.74) is 1.46. The first kappa shape index (κ1) is 38.6. The van der Waals surface area contributed by atoms with E-state index in [2.05, 4.69) is 10.2 Å². The number of halogens is 5. The molecule has 1 saturated carbocycles. The second-order valence-electron chi connectivity index (χ2n) is 14.2. The summed E-state index contributed by atoms with van der Waals surface area (Å²) < 4.78 is 58.7. The number of rotatable bonds is 15. The summed E-state index contributed by atoms with van der Waals surface area (Å²) in [6, 6.07) is 13.2. The quantitative estimate of drug-likeness (QED) is 0.0699. The summed E-state index contributed by atoms with van der Waals surface area (Å²) in [6.45, 7) is -0.372. The molecule has 1 unspecified atom stereocenters. The first-order chi connectivity index (χ1) is 26.4. The normalized spacial score (nSPS) is 20.1. The van der Waals surface area contributed by atoms with Crippen LogP contribution < -0.4 is 19.5 Å². The lowest BCUT2D eigenvalue weighted by Crippen LogP contribution is -2.52. The molecule has 3 aliphatic heterocycles. The fourth-order valence-electron chi connectivity index (χ4n) is 7.41. The van der Waals surface area contributed by atoms with Crippen molar-refractivity contribution in [3.8, 4) is 11.5 Å². The molecule has 0 amide bonds. The maximum Gasteiger partial charge on any atom is 0.387 e. The van der Waals surface area contributed by atoms with Crippen LogP contribution in [0.5, 0.6) is 11.5 Å². The maximum absolute atomic E-state index is 14.6. The van der Waals surface area contributed by atoms with Gasteiger partial charge in [0.25, 0.3) is 0 Å². The Labute approximate surface area is 325 Å². The van der Waals surface area contributed by atoms with Crippen LogP contribution in [0.2, 0.25) is 10.0 Å². The van der Waals surface area contributed by atoms with E-state index in [9.17, 15) is 33.1 Å². The molecule has 3 saturated heterocycles. The molecule has 15 heteroatoms. The van der Waals surface area contributed by atoms with Gasteiger partial charge < -0.3 is 29.8 Å². The van der Waals surface area contributed by atoms with E-state index in [0.717, 1.165) is 51.2 Å². The molecule has 10 nitrogen and oxygen atoms in total. The Morgan fingerprint density at radius 1 is 0.964 bits per heavy atom. The SMILES string of the molecule is O=C(O)c1ccc(NC(C(=O)O[C@H]2CN3CCC2CC3)c2cccc(F)c2)cc1[C@@H](Cc1c(Cl)c[n+]([O-])cc1Cl)c1ccc(OC(F)F)c(OCC2CC2)c1. The van der Waals surface area contributed by atoms with Gasteiger partial charge in [0.1, 0.15) is 22.0 Å². The van der Waals surface area contributed by atoms with Crippen LogP contribution >= 0.6 is 23.2 Å². The second-order valence-corrected chi connectivity index (χ2v) is 15.1. The third kappa shape index (κ3) is 9.22. The molecule has 8 rings (SSSR count). The van der Waals surface area contributed by atoms with Gasteiger partial charge in [-0.15, -0.1) is 0 Å². The van der Waals surface area contributed by atoms with Crippen molar-refractivity contribution >= 4 is 40.8 Å². The molecule has 3 aromatic carbocycles. The third-order valence-electron chi connectivity index (χ3n) is 10.5. The molecule has 1 aliphatic carbocycles. The summed E-state index contributed by atoms with van der Waals surface area (Å²) in [5.74, 6) is -3.03. The molecule has 3 atom stereocenters. The van der Waals surface area contributed by atoms with Gasteiger partial charge in [-0.05, 0) is 116 Å². The number of carboxylic acids is 1. The van der Waals surface area contributed by atoms with E-state index in [-0.39, 0.29) is 63.6 Å². The van der Waals surface area contributed by atoms with Crippen molar-refractivity contribution in [1.82, 2.24) is 4.90 Å². The van der Waals surface area contributed by atoms with Gasteiger partial charge in [0.05, 0.1) is 12.2 Å². The molecule has 4 heterocycles. The topological polar surface area (TPSA) is 124 Å². The number of aromatic carboxylic acids is 1. The number of nitrogens with one attached hydrogen (secondary N) is 1. The highest BCUT2D eigenvalue weighted by atomic mass is 35.5. The average Bonchev–Trinajstić information content (AvgIpc) is 3.98. The number of hydrogen-bond acceptors (Lipinski definition) is 8. The first-order valence-corrected chi connectivity index (χ1v) is 18.8. The summed E-state index contributed by atoms with van der Waals surface area (Å²) >= 11 is 13.1. The number of pyridine rings is 1. The molecule has 4 aromatic rings. The largest absolute Gasteiger partial charge is 0.619 e. The van der Waals surface area contributed by atoms with E-state index in [0.29, 0.717) is 33.7 Å². The number of aromatic nitrogens is 1. The highest BCUT2D eigenvalue weighted by Crippen LogP contribution is 2.41. The highest BCUT2D eigenvalue weighted by Gasteiger charge is 2.38. The van der Waals surface area contributed by atoms with Crippen molar-refractivity contribution in [1.29, 1.82) is 0 Å². The monoisotopic (exact) mass is 799 g/mol. The number of carboxylic acid groups (broad SMARTS) is 1. The number of esters is 1. The zero-order valence-corrected chi connectivity index (χ0v) is 30.9. The lowest BCUT2D eigenvalue weighted by atomic mass is 9.83. The molecule has 0 spiro atoms. The highest BCUT2D eigenvalue weighted by molar-refractivity contribution is 6.35. The van der Waals surface area contributed by atoms with Crippen LogP contribution in [-0.2, 0) is 16.0 Å². The number of ether oxygens (including phenoxy) is 3. The van der Waals surface area contributed by atoms with Crippen LogP contribution in [0.15, 0.2) is 73.1 Å². The van der Waals surface area contributed by atoms with Gasteiger partial charge in [-0.25, -0.2) is 14.0 Å². The molecular formula is C40H38Cl2F3N3O7. The van der Waals surface area contributed by atoms with Crippen LogP contribution in [0.1, 0.15) is 70.3 Å². The van der Waals surface area contributed by atoms with Crippen LogP contribution in [0, 0.1) is 22.9 Å². The minimum atomic E-state index is -3.13. The van der Waals surface area contributed by atoms with E-state index < -0.39 is 36.3 Å². The second kappa shape index (κ2) is 16.6. The Kier molecular flexibility index (Phi) is 11.6. The minimum absolute atomic E-state index is 0.0168. The Bertz CT molecular complexity index is 2040. The molecule has 0 radical (unpaired) electrons. The lowest BCUT2D eigenvalue weighted by Gasteiger charge is -2.44. The number of alkyl halides is 2. The number of nitrogens with zero attached hydrogens (tertiary/aromatic N) is 2. The summed E-state index contributed by atoms with van der Waals surface area (Å²) in [7, 11) is 0. The van der Waals surface area contributed by atoms with Gasteiger partial charge in [-0.1, -0.05) is 41.4 Å². The Balaban J connectivity index is 1.30. The number of hydrogen-bond donors (Lipinski definition) is 2. The molecule has 4 aliphatic rings. The van der Waals surface area contributed by atoms with Gasteiger partial charge in [0.15, 0.2) is 29.9 Å². The van der Waals surface area contributed by atoms with Gasteiger partial charge in [0.2, 0.25) is 0 Å². The first-order valence-electron chi connectivity index (χ1n) is 18.0. The van der Waals surface area contributed by atoms with E-state index in [1.807, 2.05) is 0 Å². The fraction of sp³-hybridized carbons (Fsp3) is 0.375. The molecule has 290 valence electrons. The van der Waals surface area contributed by atoms with Crippen LogP contribution in [-0.4, -0.2) is 60.9 Å². The summed E-state index contributed by atoms with van der Waals surface area (Å²) in [5, 5.41) is 25.8. The van der Waals surface area contributed by atoms with Gasteiger partial charge in [-0.2, -0.15) is 13.5 Å². The Hall–Kier alpha value is -4.72. The van der Waals surface area contributed by atoms with E-state index in [4.69, 9.17) is 37.4 Å². The Morgan fingerprint density at radius 3 is 2.35 bits per heavy atom. The smallest absolute Gasteiger partial charge is 0.387 e.